The number of aliphatic carboxylic acids is 1. The Morgan fingerprint density at radius 2 is 2.00 bits per heavy atom. The molecule has 2 rings (SSSR count). The van der Waals surface area contributed by atoms with Crippen LogP contribution in [0.15, 0.2) is 30.3 Å². The van der Waals surface area contributed by atoms with Gasteiger partial charge in [0.2, 0.25) is 5.91 Å². The summed E-state index contributed by atoms with van der Waals surface area (Å²) < 4.78 is 0. The third kappa shape index (κ3) is 1.46. The van der Waals surface area contributed by atoms with Crippen LogP contribution in [0.25, 0.3) is 0 Å². The van der Waals surface area contributed by atoms with Gasteiger partial charge in [-0.05, 0) is 25.5 Å². The standard InChI is InChI=1S/C12H13NO3/c1-12(11(15)16)7-8-13(10(12)14)9-5-3-2-4-6-9/h2-6H,7-8H2,1H3,(H,15,16). The first-order valence-electron chi connectivity index (χ1n) is 5.16. The van der Waals surface area contributed by atoms with E-state index in [1.54, 1.807) is 0 Å². The molecule has 0 aromatic heterocycles. The monoisotopic (exact) mass is 219 g/mol. The third-order valence-electron chi connectivity index (χ3n) is 3.09. The summed E-state index contributed by atoms with van der Waals surface area (Å²) in [5.74, 6) is -1.37. The van der Waals surface area contributed by atoms with E-state index in [2.05, 4.69) is 0 Å². The molecule has 1 aliphatic rings. The van der Waals surface area contributed by atoms with E-state index in [9.17, 15) is 9.59 Å². The van der Waals surface area contributed by atoms with Crippen LogP contribution in [0.5, 0.6) is 0 Å². The molecule has 84 valence electrons. The van der Waals surface area contributed by atoms with Crippen LogP contribution in [0.3, 0.4) is 0 Å². The SMILES string of the molecule is CC1(C(=O)O)CCN(c2ccccc2)C1=O. The molecule has 16 heavy (non-hydrogen) atoms. The number of amides is 1. The molecule has 0 bridgehead atoms. The highest BCUT2D eigenvalue weighted by atomic mass is 16.4. The minimum absolute atomic E-state index is 0.328. The van der Waals surface area contributed by atoms with Crippen molar-refractivity contribution in [3.63, 3.8) is 0 Å². The molecule has 1 aliphatic heterocycles. The summed E-state index contributed by atoms with van der Waals surface area (Å²) in [4.78, 5) is 24.6. The van der Waals surface area contributed by atoms with Gasteiger partial charge in [0.05, 0.1) is 0 Å². The van der Waals surface area contributed by atoms with Gasteiger partial charge < -0.3 is 10.0 Å². The Morgan fingerprint density at radius 1 is 1.38 bits per heavy atom. The van der Waals surface area contributed by atoms with Crippen molar-refractivity contribution in [3.05, 3.63) is 30.3 Å². The van der Waals surface area contributed by atoms with Gasteiger partial charge in [-0.3, -0.25) is 9.59 Å². The first kappa shape index (κ1) is 10.7. The van der Waals surface area contributed by atoms with Gasteiger partial charge in [-0.1, -0.05) is 18.2 Å². The van der Waals surface area contributed by atoms with E-state index in [-0.39, 0.29) is 5.91 Å². The number of anilines is 1. The summed E-state index contributed by atoms with van der Waals surface area (Å²) in [5.41, 5.74) is -0.506. The number of rotatable bonds is 2. The molecule has 0 aliphatic carbocycles. The Hall–Kier alpha value is -1.84. The zero-order chi connectivity index (χ0) is 11.8. The predicted octanol–water partition coefficient (Wildman–Crippen LogP) is 1.51. The number of carbonyl (C=O) groups excluding carboxylic acids is 1. The molecule has 1 heterocycles. The van der Waals surface area contributed by atoms with E-state index >= 15 is 0 Å². The highest BCUT2D eigenvalue weighted by Crippen LogP contribution is 2.34. The van der Waals surface area contributed by atoms with Crippen LogP contribution >= 0.6 is 0 Å². The van der Waals surface area contributed by atoms with E-state index in [0.29, 0.717) is 13.0 Å². The van der Waals surface area contributed by atoms with Crippen molar-refractivity contribution in [3.8, 4) is 0 Å². The number of carboxylic acids is 1. The fourth-order valence-corrected chi connectivity index (χ4v) is 1.89. The summed E-state index contributed by atoms with van der Waals surface area (Å²) in [7, 11) is 0. The lowest BCUT2D eigenvalue weighted by Crippen LogP contribution is -2.38. The number of carbonyl (C=O) groups is 2. The minimum Gasteiger partial charge on any atom is -0.480 e. The molecule has 1 amide bonds. The smallest absolute Gasteiger partial charge is 0.319 e. The molecular formula is C12H13NO3. The van der Waals surface area contributed by atoms with Crippen molar-refractivity contribution >= 4 is 17.6 Å². The second-order valence-corrected chi connectivity index (χ2v) is 4.18. The van der Waals surface area contributed by atoms with Gasteiger partial charge in [-0.25, -0.2) is 0 Å². The highest BCUT2D eigenvalue weighted by molar-refractivity contribution is 6.11. The largest absolute Gasteiger partial charge is 0.480 e. The Kier molecular flexibility index (Phi) is 2.42. The van der Waals surface area contributed by atoms with Crippen LogP contribution < -0.4 is 4.90 Å². The maximum Gasteiger partial charge on any atom is 0.319 e. The number of nitrogens with zero attached hydrogens (tertiary/aromatic N) is 1. The van der Waals surface area contributed by atoms with Gasteiger partial charge in [0.1, 0.15) is 5.41 Å². The van der Waals surface area contributed by atoms with Gasteiger partial charge in [0.25, 0.3) is 0 Å². The average Bonchev–Trinajstić information content (AvgIpc) is 2.59. The van der Waals surface area contributed by atoms with Crippen LogP contribution in [0.4, 0.5) is 5.69 Å². The van der Waals surface area contributed by atoms with Crippen molar-refractivity contribution in [2.24, 2.45) is 5.41 Å². The topological polar surface area (TPSA) is 57.6 Å². The normalized spacial score (nSPS) is 24.8. The summed E-state index contributed by atoms with van der Waals surface area (Å²) in [6.45, 7) is 1.95. The predicted molar refractivity (Wildman–Crippen MR) is 59.2 cm³/mol. The fourth-order valence-electron chi connectivity index (χ4n) is 1.89. The van der Waals surface area contributed by atoms with E-state index in [1.807, 2.05) is 30.3 Å². The van der Waals surface area contributed by atoms with Crippen molar-refractivity contribution in [2.75, 3.05) is 11.4 Å². The number of hydrogen-bond donors (Lipinski definition) is 1. The minimum atomic E-state index is -1.27. The molecule has 1 aromatic rings. The zero-order valence-electron chi connectivity index (χ0n) is 9.01. The Labute approximate surface area is 93.5 Å². The first-order valence-corrected chi connectivity index (χ1v) is 5.16. The molecule has 1 saturated heterocycles. The van der Waals surface area contributed by atoms with Crippen LogP contribution in [0, 0.1) is 5.41 Å². The molecule has 1 N–H and O–H groups in total. The lowest BCUT2D eigenvalue weighted by Gasteiger charge is -2.19. The first-order chi connectivity index (χ1) is 7.55. The summed E-state index contributed by atoms with van der Waals surface area (Å²) in [6, 6.07) is 9.15. The van der Waals surface area contributed by atoms with E-state index < -0.39 is 11.4 Å². The molecule has 4 nitrogen and oxygen atoms in total. The highest BCUT2D eigenvalue weighted by Gasteiger charge is 2.49. The van der Waals surface area contributed by atoms with Crippen molar-refractivity contribution in [1.29, 1.82) is 0 Å². The molecule has 1 fully saturated rings. The van der Waals surface area contributed by atoms with Crippen LogP contribution in [-0.4, -0.2) is 23.5 Å². The maximum atomic E-state index is 12.0. The fraction of sp³-hybridized carbons (Fsp3) is 0.333. The van der Waals surface area contributed by atoms with Crippen LogP contribution in [0.1, 0.15) is 13.3 Å². The lowest BCUT2D eigenvalue weighted by atomic mass is 9.89. The second kappa shape index (κ2) is 3.63. The number of benzene rings is 1. The van der Waals surface area contributed by atoms with E-state index in [0.717, 1.165) is 5.69 Å². The van der Waals surface area contributed by atoms with E-state index in [1.165, 1.54) is 11.8 Å². The van der Waals surface area contributed by atoms with Crippen LogP contribution in [-0.2, 0) is 9.59 Å². The Bertz CT molecular complexity index is 429. The van der Waals surface area contributed by atoms with Crippen LogP contribution in [0.2, 0.25) is 0 Å². The summed E-state index contributed by atoms with van der Waals surface area (Å²) >= 11 is 0. The molecule has 0 saturated carbocycles. The van der Waals surface area contributed by atoms with Crippen molar-refractivity contribution in [1.82, 2.24) is 0 Å². The Balaban J connectivity index is 2.30. The molecular weight excluding hydrogens is 206 g/mol. The molecule has 4 heteroatoms. The Morgan fingerprint density at radius 3 is 2.50 bits per heavy atom. The number of carboxylic acid groups (broad SMARTS) is 1. The molecule has 1 atom stereocenters. The number of para-hydroxylation sites is 1. The van der Waals surface area contributed by atoms with E-state index in [4.69, 9.17) is 5.11 Å². The van der Waals surface area contributed by atoms with Gasteiger partial charge in [0.15, 0.2) is 0 Å². The van der Waals surface area contributed by atoms with Crippen molar-refractivity contribution < 1.29 is 14.7 Å². The zero-order valence-corrected chi connectivity index (χ0v) is 9.01. The van der Waals surface area contributed by atoms with Gasteiger partial charge >= 0.3 is 5.97 Å². The third-order valence-corrected chi connectivity index (χ3v) is 3.09. The second-order valence-electron chi connectivity index (χ2n) is 4.18. The van der Waals surface area contributed by atoms with Gasteiger partial charge in [-0.15, -0.1) is 0 Å². The lowest BCUT2D eigenvalue weighted by molar-refractivity contribution is -0.151. The molecule has 1 aromatic carbocycles. The summed E-state index contributed by atoms with van der Waals surface area (Å²) in [6.07, 6.45) is 0.357. The van der Waals surface area contributed by atoms with Gasteiger partial charge in [-0.2, -0.15) is 0 Å². The van der Waals surface area contributed by atoms with Gasteiger partial charge in [0, 0.05) is 12.2 Å². The molecule has 0 radical (unpaired) electrons. The van der Waals surface area contributed by atoms with Crippen molar-refractivity contribution in [2.45, 2.75) is 13.3 Å². The summed E-state index contributed by atoms with van der Waals surface area (Å²) in [5, 5.41) is 9.06. The molecule has 1 unspecified atom stereocenters. The maximum absolute atomic E-state index is 12.0. The quantitative estimate of drug-likeness (QED) is 0.767. The number of hydrogen-bond acceptors (Lipinski definition) is 2. The average molecular weight is 219 g/mol. The molecule has 0 spiro atoms.